The highest BCUT2D eigenvalue weighted by molar-refractivity contribution is 6.04. The summed E-state index contributed by atoms with van der Waals surface area (Å²) in [6, 6.07) is 18.1. The standard InChI is InChI=1S/C15H14N6/c16-14-10-15(19-18-14)20-21-17-13-8-4-7-12(9-13)11-5-2-1-3-6-11/h1-9H,10H2,(H2,16,18)(H,17,19,20). The Morgan fingerprint density at radius 1 is 0.952 bits per heavy atom. The Bertz CT molecular complexity index is 718. The van der Waals surface area contributed by atoms with Crippen LogP contribution in [0.5, 0.6) is 0 Å². The van der Waals surface area contributed by atoms with Crippen LogP contribution >= 0.6 is 0 Å². The van der Waals surface area contributed by atoms with Crippen molar-refractivity contribution in [3.05, 3.63) is 54.6 Å². The smallest absolute Gasteiger partial charge is 0.182 e. The summed E-state index contributed by atoms with van der Waals surface area (Å²) in [7, 11) is 0. The van der Waals surface area contributed by atoms with Gasteiger partial charge in [0, 0.05) is 0 Å². The summed E-state index contributed by atoms with van der Waals surface area (Å²) < 4.78 is 0. The van der Waals surface area contributed by atoms with Crippen molar-refractivity contribution >= 4 is 17.4 Å². The number of anilines is 1. The normalized spacial score (nSPS) is 14.1. The van der Waals surface area contributed by atoms with Crippen molar-refractivity contribution in [2.75, 3.05) is 5.43 Å². The third kappa shape index (κ3) is 3.30. The number of amidine groups is 2. The number of nitrogens with two attached hydrogens (primary N) is 1. The molecule has 0 saturated heterocycles. The van der Waals surface area contributed by atoms with Gasteiger partial charge in [0.1, 0.15) is 5.84 Å². The molecule has 0 atom stereocenters. The molecule has 2 aromatic rings. The third-order valence-electron chi connectivity index (χ3n) is 2.95. The van der Waals surface area contributed by atoms with Gasteiger partial charge < -0.3 is 5.73 Å². The number of nitrogens with one attached hydrogen (secondary N) is 1. The van der Waals surface area contributed by atoms with Gasteiger partial charge in [0.25, 0.3) is 0 Å². The van der Waals surface area contributed by atoms with Gasteiger partial charge >= 0.3 is 0 Å². The zero-order chi connectivity index (χ0) is 14.5. The number of hydrogen-bond donors (Lipinski definition) is 2. The fourth-order valence-corrected chi connectivity index (χ4v) is 1.95. The molecule has 6 heteroatoms. The van der Waals surface area contributed by atoms with Gasteiger partial charge in [-0.25, -0.2) is 0 Å². The third-order valence-corrected chi connectivity index (χ3v) is 2.95. The molecule has 6 nitrogen and oxygen atoms in total. The SMILES string of the molecule is NC1=NN=C(N=NNc2cccc(-c3ccccc3)c2)C1. The molecule has 3 N–H and O–H groups in total. The minimum Gasteiger partial charge on any atom is -0.385 e. The van der Waals surface area contributed by atoms with Crippen molar-refractivity contribution in [2.24, 2.45) is 26.3 Å². The van der Waals surface area contributed by atoms with E-state index in [4.69, 9.17) is 5.73 Å². The fourth-order valence-electron chi connectivity index (χ4n) is 1.95. The van der Waals surface area contributed by atoms with Crippen LogP contribution in [0.15, 0.2) is 75.1 Å². The van der Waals surface area contributed by atoms with Crippen molar-refractivity contribution in [3.63, 3.8) is 0 Å². The molecule has 1 aliphatic heterocycles. The Kier molecular flexibility index (Phi) is 3.68. The molecule has 0 radical (unpaired) electrons. The van der Waals surface area contributed by atoms with Crippen molar-refractivity contribution in [3.8, 4) is 11.1 Å². The molecule has 1 aliphatic rings. The van der Waals surface area contributed by atoms with Crippen molar-refractivity contribution in [1.29, 1.82) is 0 Å². The van der Waals surface area contributed by atoms with Crippen molar-refractivity contribution < 1.29 is 0 Å². The van der Waals surface area contributed by atoms with Crippen molar-refractivity contribution in [1.82, 2.24) is 0 Å². The maximum Gasteiger partial charge on any atom is 0.182 e. The molecule has 0 fully saturated rings. The molecule has 0 unspecified atom stereocenters. The number of hydrogen-bond acceptors (Lipinski definition) is 5. The highest BCUT2D eigenvalue weighted by Gasteiger charge is 2.07. The van der Waals surface area contributed by atoms with E-state index in [2.05, 4.69) is 38.1 Å². The van der Waals surface area contributed by atoms with Crippen LogP contribution in [0, 0.1) is 0 Å². The Balaban J connectivity index is 1.68. The Morgan fingerprint density at radius 3 is 2.52 bits per heavy atom. The second kappa shape index (κ2) is 5.96. The Hall–Kier alpha value is -3.02. The summed E-state index contributed by atoms with van der Waals surface area (Å²) in [4.78, 5) is 0. The lowest BCUT2D eigenvalue weighted by atomic mass is 10.1. The van der Waals surface area contributed by atoms with Crippen LogP contribution in [-0.2, 0) is 0 Å². The lowest BCUT2D eigenvalue weighted by molar-refractivity contribution is 1.13. The quantitative estimate of drug-likeness (QED) is 0.667. The van der Waals surface area contributed by atoms with Gasteiger partial charge in [0.2, 0.25) is 0 Å². The van der Waals surface area contributed by atoms with Crippen LogP contribution in [-0.4, -0.2) is 11.7 Å². The largest absolute Gasteiger partial charge is 0.385 e. The maximum absolute atomic E-state index is 5.51. The molecule has 2 aromatic carbocycles. The van der Waals surface area contributed by atoms with Crippen molar-refractivity contribution in [2.45, 2.75) is 6.42 Å². The first kappa shape index (κ1) is 13.0. The predicted octanol–water partition coefficient (Wildman–Crippen LogP) is 3.21. The molecular formula is C15H14N6. The topological polar surface area (TPSA) is 87.5 Å². The lowest BCUT2D eigenvalue weighted by Crippen LogP contribution is -2.10. The van der Waals surface area contributed by atoms with Gasteiger partial charge in [-0.3, -0.25) is 5.43 Å². The lowest BCUT2D eigenvalue weighted by Gasteiger charge is -2.04. The van der Waals surface area contributed by atoms with Gasteiger partial charge in [-0.15, -0.1) is 15.3 Å². The maximum atomic E-state index is 5.51. The highest BCUT2D eigenvalue weighted by atomic mass is 15.4. The van der Waals surface area contributed by atoms with E-state index in [9.17, 15) is 0 Å². The summed E-state index contributed by atoms with van der Waals surface area (Å²) in [6.07, 6.45) is 0.440. The minimum atomic E-state index is 0.440. The van der Waals surface area contributed by atoms with Crippen LogP contribution in [0.2, 0.25) is 0 Å². The second-order valence-corrected chi connectivity index (χ2v) is 4.54. The molecule has 0 amide bonds. The first-order chi connectivity index (χ1) is 10.3. The van der Waals surface area contributed by atoms with Crippen LogP contribution in [0.25, 0.3) is 11.1 Å². The molecule has 3 rings (SSSR count). The highest BCUT2D eigenvalue weighted by Crippen LogP contribution is 2.22. The van der Waals surface area contributed by atoms with E-state index in [1.165, 1.54) is 0 Å². The first-order valence-electron chi connectivity index (χ1n) is 6.52. The average molecular weight is 278 g/mol. The molecule has 0 saturated carbocycles. The van der Waals surface area contributed by atoms with E-state index in [1.54, 1.807) is 0 Å². The molecule has 1 heterocycles. The summed E-state index contributed by atoms with van der Waals surface area (Å²) in [5.74, 6) is 0.953. The summed E-state index contributed by atoms with van der Waals surface area (Å²) in [5, 5.41) is 15.3. The fraction of sp³-hybridized carbons (Fsp3) is 0.0667. The van der Waals surface area contributed by atoms with E-state index in [1.807, 2.05) is 42.5 Å². The Morgan fingerprint density at radius 2 is 1.76 bits per heavy atom. The van der Waals surface area contributed by atoms with E-state index in [-0.39, 0.29) is 0 Å². The number of rotatable bonds is 3. The van der Waals surface area contributed by atoms with Gasteiger partial charge in [-0.2, -0.15) is 0 Å². The Labute approximate surface area is 122 Å². The first-order valence-corrected chi connectivity index (χ1v) is 6.52. The van der Waals surface area contributed by atoms with E-state index < -0.39 is 0 Å². The zero-order valence-corrected chi connectivity index (χ0v) is 11.3. The van der Waals surface area contributed by atoms with Crippen LogP contribution in [0.3, 0.4) is 0 Å². The molecule has 0 aliphatic carbocycles. The summed E-state index contributed by atoms with van der Waals surface area (Å²) >= 11 is 0. The monoisotopic (exact) mass is 278 g/mol. The molecular weight excluding hydrogens is 264 g/mol. The van der Waals surface area contributed by atoms with Crippen LogP contribution in [0.4, 0.5) is 5.69 Å². The second-order valence-electron chi connectivity index (χ2n) is 4.54. The van der Waals surface area contributed by atoms with E-state index in [0.29, 0.717) is 18.1 Å². The summed E-state index contributed by atoms with van der Waals surface area (Å²) in [6.45, 7) is 0. The van der Waals surface area contributed by atoms with Gasteiger partial charge in [-0.1, -0.05) is 47.7 Å². The van der Waals surface area contributed by atoms with Crippen LogP contribution < -0.4 is 11.2 Å². The number of benzene rings is 2. The van der Waals surface area contributed by atoms with Gasteiger partial charge in [0.05, 0.1) is 12.1 Å². The summed E-state index contributed by atoms with van der Waals surface area (Å²) in [5.41, 5.74) is 11.5. The van der Waals surface area contributed by atoms with E-state index >= 15 is 0 Å². The molecule has 0 bridgehead atoms. The predicted molar refractivity (Wildman–Crippen MR) is 84.0 cm³/mol. The van der Waals surface area contributed by atoms with E-state index in [0.717, 1.165) is 16.8 Å². The average Bonchev–Trinajstić information content (AvgIpc) is 2.94. The van der Waals surface area contributed by atoms with Crippen LogP contribution in [0.1, 0.15) is 6.42 Å². The molecule has 0 spiro atoms. The molecule has 21 heavy (non-hydrogen) atoms. The molecule has 104 valence electrons. The number of nitrogens with zero attached hydrogens (tertiary/aromatic N) is 4. The molecule has 0 aromatic heterocycles. The zero-order valence-electron chi connectivity index (χ0n) is 11.3. The van der Waals surface area contributed by atoms with Gasteiger partial charge in [0.15, 0.2) is 5.84 Å². The van der Waals surface area contributed by atoms with Gasteiger partial charge in [-0.05, 0) is 23.3 Å². The minimum absolute atomic E-state index is 0.440.